The van der Waals surface area contributed by atoms with E-state index in [0.29, 0.717) is 24.9 Å². The summed E-state index contributed by atoms with van der Waals surface area (Å²) in [6.45, 7) is 5.12. The lowest BCUT2D eigenvalue weighted by atomic mass is 10.2. The van der Waals surface area contributed by atoms with Crippen LogP contribution < -0.4 is 5.73 Å². The fourth-order valence-electron chi connectivity index (χ4n) is 1.98. The summed E-state index contributed by atoms with van der Waals surface area (Å²) in [5.74, 6) is 0.902. The molecule has 0 aliphatic carbocycles. The summed E-state index contributed by atoms with van der Waals surface area (Å²) in [5.41, 5.74) is 6.41. The summed E-state index contributed by atoms with van der Waals surface area (Å²) in [6, 6.07) is 9.88. The average Bonchev–Trinajstić information content (AvgIpc) is 2.88. The molecule has 0 aliphatic heterocycles. The predicted octanol–water partition coefficient (Wildman–Crippen LogP) is 1.68. The number of carbonyl (C=O) groups is 1. The number of aromatic nitrogens is 2. The molecule has 6 nitrogen and oxygen atoms in total. The molecule has 6 heteroatoms. The number of hydrogen-bond acceptors (Lipinski definition) is 5. The van der Waals surface area contributed by atoms with Crippen molar-refractivity contribution in [3.63, 3.8) is 0 Å². The predicted molar refractivity (Wildman–Crippen MR) is 78.1 cm³/mol. The molecule has 112 valence electrons. The highest BCUT2D eigenvalue weighted by molar-refractivity contribution is 5.75. The lowest BCUT2D eigenvalue weighted by Crippen LogP contribution is -2.33. The van der Waals surface area contributed by atoms with Crippen LogP contribution in [-0.4, -0.2) is 27.5 Å². The van der Waals surface area contributed by atoms with Gasteiger partial charge in [-0.2, -0.15) is 0 Å². The van der Waals surface area contributed by atoms with Gasteiger partial charge in [-0.05, 0) is 5.56 Å². The van der Waals surface area contributed by atoms with E-state index in [0.717, 1.165) is 5.56 Å². The van der Waals surface area contributed by atoms with Crippen LogP contribution >= 0.6 is 0 Å². The van der Waals surface area contributed by atoms with Gasteiger partial charge >= 0.3 is 0 Å². The maximum absolute atomic E-state index is 11.2. The van der Waals surface area contributed by atoms with Crippen LogP contribution in [0.1, 0.15) is 37.1 Å². The monoisotopic (exact) mass is 288 g/mol. The van der Waals surface area contributed by atoms with Crippen molar-refractivity contribution in [2.24, 2.45) is 5.73 Å². The normalized spacial score (nSPS) is 11.2. The van der Waals surface area contributed by atoms with Crippen molar-refractivity contribution >= 4 is 5.91 Å². The molecule has 0 saturated carbocycles. The summed E-state index contributed by atoms with van der Waals surface area (Å²) in [7, 11) is 0. The number of amides is 1. The second-order valence-corrected chi connectivity index (χ2v) is 5.29. The minimum Gasteiger partial charge on any atom is -0.424 e. The maximum Gasteiger partial charge on any atom is 0.231 e. The van der Waals surface area contributed by atoms with Crippen LogP contribution in [0.25, 0.3) is 0 Å². The number of nitrogens with zero attached hydrogens (tertiary/aromatic N) is 3. The Balaban J connectivity index is 2.06. The molecule has 0 atom stereocenters. The van der Waals surface area contributed by atoms with Crippen LogP contribution in [0.3, 0.4) is 0 Å². The zero-order chi connectivity index (χ0) is 15.2. The van der Waals surface area contributed by atoms with Crippen LogP contribution in [0.4, 0.5) is 0 Å². The van der Waals surface area contributed by atoms with E-state index in [1.54, 1.807) is 0 Å². The first-order valence-electron chi connectivity index (χ1n) is 6.91. The van der Waals surface area contributed by atoms with Gasteiger partial charge in [-0.1, -0.05) is 44.2 Å². The fraction of sp³-hybridized carbons (Fsp3) is 0.400. The van der Waals surface area contributed by atoms with Crippen molar-refractivity contribution < 1.29 is 9.21 Å². The minimum atomic E-state index is -0.380. The molecule has 21 heavy (non-hydrogen) atoms. The minimum absolute atomic E-state index is 0.147. The Morgan fingerprint density at radius 3 is 2.52 bits per heavy atom. The summed E-state index contributed by atoms with van der Waals surface area (Å²) in [4.78, 5) is 13.1. The largest absolute Gasteiger partial charge is 0.424 e. The number of hydrogen-bond donors (Lipinski definition) is 1. The van der Waals surface area contributed by atoms with Gasteiger partial charge in [-0.25, -0.2) is 0 Å². The van der Waals surface area contributed by atoms with Crippen molar-refractivity contribution in [1.82, 2.24) is 15.1 Å². The zero-order valence-corrected chi connectivity index (χ0v) is 12.3. The molecule has 1 aromatic carbocycles. The molecule has 0 aliphatic rings. The third-order valence-corrected chi connectivity index (χ3v) is 2.96. The second kappa shape index (κ2) is 6.99. The molecule has 0 bridgehead atoms. The van der Waals surface area contributed by atoms with Gasteiger partial charge in [0.15, 0.2) is 0 Å². The Labute approximate surface area is 124 Å². The highest BCUT2D eigenvalue weighted by Crippen LogP contribution is 2.14. The van der Waals surface area contributed by atoms with Gasteiger partial charge in [-0.3, -0.25) is 9.69 Å². The van der Waals surface area contributed by atoms with Gasteiger partial charge in [0.25, 0.3) is 0 Å². The van der Waals surface area contributed by atoms with Crippen molar-refractivity contribution in [1.29, 1.82) is 0 Å². The van der Waals surface area contributed by atoms with E-state index < -0.39 is 0 Å². The Morgan fingerprint density at radius 2 is 1.95 bits per heavy atom. The third kappa shape index (κ3) is 4.68. The first kappa shape index (κ1) is 15.2. The van der Waals surface area contributed by atoms with Crippen LogP contribution in [0.15, 0.2) is 34.7 Å². The van der Waals surface area contributed by atoms with Crippen molar-refractivity contribution in [3.8, 4) is 0 Å². The lowest BCUT2D eigenvalue weighted by molar-refractivity contribution is -0.119. The number of primary amides is 1. The smallest absolute Gasteiger partial charge is 0.231 e. The topological polar surface area (TPSA) is 85.3 Å². The van der Waals surface area contributed by atoms with Gasteiger partial charge in [0.05, 0.1) is 13.1 Å². The first-order chi connectivity index (χ1) is 10.0. The highest BCUT2D eigenvalue weighted by Gasteiger charge is 2.15. The highest BCUT2D eigenvalue weighted by atomic mass is 16.4. The van der Waals surface area contributed by atoms with E-state index in [2.05, 4.69) is 10.2 Å². The molecule has 2 N–H and O–H groups in total. The first-order valence-corrected chi connectivity index (χ1v) is 6.91. The van der Waals surface area contributed by atoms with E-state index in [9.17, 15) is 4.79 Å². The Bertz CT molecular complexity index is 580. The molecule has 0 saturated heterocycles. The van der Waals surface area contributed by atoms with Crippen LogP contribution in [0, 0.1) is 0 Å². The Kier molecular flexibility index (Phi) is 5.05. The average molecular weight is 288 g/mol. The van der Waals surface area contributed by atoms with Gasteiger partial charge < -0.3 is 10.2 Å². The van der Waals surface area contributed by atoms with E-state index in [1.807, 2.05) is 49.1 Å². The van der Waals surface area contributed by atoms with Crippen LogP contribution in [-0.2, 0) is 17.9 Å². The second-order valence-electron chi connectivity index (χ2n) is 5.29. The molecule has 1 heterocycles. The molecule has 1 amide bonds. The summed E-state index contributed by atoms with van der Waals surface area (Å²) < 4.78 is 5.58. The number of carbonyl (C=O) groups excluding carboxylic acids is 1. The standard InChI is InChI=1S/C15H20N4O2/c1-11(2)15-18-17-14(21-15)10-19(9-13(16)20)8-12-6-4-3-5-7-12/h3-7,11H,8-10H2,1-2H3,(H2,16,20). The SMILES string of the molecule is CC(C)c1nnc(CN(CC(N)=O)Cc2ccccc2)o1. The van der Waals surface area contributed by atoms with Gasteiger partial charge in [0.2, 0.25) is 17.7 Å². The molecular formula is C15H20N4O2. The van der Waals surface area contributed by atoms with E-state index in [-0.39, 0.29) is 18.4 Å². The zero-order valence-electron chi connectivity index (χ0n) is 12.3. The Hall–Kier alpha value is -2.21. The molecule has 2 rings (SSSR count). The molecule has 0 fully saturated rings. The number of nitrogens with two attached hydrogens (primary N) is 1. The molecule has 2 aromatic rings. The lowest BCUT2D eigenvalue weighted by Gasteiger charge is -2.18. The van der Waals surface area contributed by atoms with Gasteiger partial charge in [0, 0.05) is 12.5 Å². The summed E-state index contributed by atoms with van der Waals surface area (Å²) in [5, 5.41) is 8.01. The molecule has 0 unspecified atom stereocenters. The summed E-state index contributed by atoms with van der Waals surface area (Å²) in [6.07, 6.45) is 0. The molecule has 0 radical (unpaired) electrons. The number of rotatable bonds is 7. The number of benzene rings is 1. The molecule has 0 spiro atoms. The van der Waals surface area contributed by atoms with Crippen LogP contribution in [0.5, 0.6) is 0 Å². The maximum atomic E-state index is 11.2. The molecular weight excluding hydrogens is 268 g/mol. The van der Waals surface area contributed by atoms with Crippen LogP contribution in [0.2, 0.25) is 0 Å². The summed E-state index contributed by atoms with van der Waals surface area (Å²) >= 11 is 0. The fourth-order valence-corrected chi connectivity index (χ4v) is 1.98. The van der Waals surface area contributed by atoms with E-state index >= 15 is 0 Å². The van der Waals surface area contributed by atoms with Gasteiger partial charge in [-0.15, -0.1) is 10.2 Å². The quantitative estimate of drug-likeness (QED) is 0.837. The van der Waals surface area contributed by atoms with Crippen molar-refractivity contribution in [2.45, 2.75) is 32.9 Å². The van der Waals surface area contributed by atoms with E-state index in [1.165, 1.54) is 0 Å². The Morgan fingerprint density at radius 1 is 1.24 bits per heavy atom. The molecule has 1 aromatic heterocycles. The van der Waals surface area contributed by atoms with Crippen molar-refractivity contribution in [2.75, 3.05) is 6.54 Å². The van der Waals surface area contributed by atoms with Gasteiger partial charge in [0.1, 0.15) is 0 Å². The third-order valence-electron chi connectivity index (χ3n) is 2.96. The van der Waals surface area contributed by atoms with E-state index in [4.69, 9.17) is 10.2 Å². The van der Waals surface area contributed by atoms with Crippen molar-refractivity contribution in [3.05, 3.63) is 47.7 Å².